The van der Waals surface area contributed by atoms with Gasteiger partial charge in [-0.05, 0) is 51.7 Å². The van der Waals surface area contributed by atoms with Gasteiger partial charge in [0, 0.05) is 6.54 Å². The van der Waals surface area contributed by atoms with Gasteiger partial charge in [0.1, 0.15) is 5.82 Å². The molecule has 0 saturated heterocycles. The zero-order chi connectivity index (χ0) is 13.1. The van der Waals surface area contributed by atoms with Crippen molar-refractivity contribution < 1.29 is 4.39 Å². The maximum atomic E-state index is 13.2. The summed E-state index contributed by atoms with van der Waals surface area (Å²) in [5.41, 5.74) is 7.39. The van der Waals surface area contributed by atoms with Crippen molar-refractivity contribution >= 4 is 17.0 Å². The Kier molecular flexibility index (Phi) is 3.81. The molecule has 0 radical (unpaired) electrons. The summed E-state index contributed by atoms with van der Waals surface area (Å²) in [5, 5.41) is 0. The van der Waals surface area contributed by atoms with Crippen molar-refractivity contribution in [2.75, 3.05) is 26.4 Å². The van der Waals surface area contributed by atoms with Crippen LogP contribution in [0, 0.1) is 5.82 Å². The fraction of sp³-hybridized carbons (Fsp3) is 0.462. The van der Waals surface area contributed by atoms with Gasteiger partial charge < -0.3 is 15.2 Å². The van der Waals surface area contributed by atoms with Crippen LogP contribution in [0.2, 0.25) is 0 Å². The number of rotatable bonds is 5. The van der Waals surface area contributed by atoms with Crippen LogP contribution in [0.1, 0.15) is 12.8 Å². The average molecular weight is 250 g/mol. The van der Waals surface area contributed by atoms with E-state index in [1.807, 2.05) is 4.57 Å². The summed E-state index contributed by atoms with van der Waals surface area (Å²) >= 11 is 0. The smallest absolute Gasteiger partial charge is 0.201 e. The first kappa shape index (κ1) is 12.8. The summed E-state index contributed by atoms with van der Waals surface area (Å²) < 4.78 is 15.1. The number of nitrogens with zero attached hydrogens (tertiary/aromatic N) is 3. The van der Waals surface area contributed by atoms with Crippen LogP contribution in [-0.4, -0.2) is 35.1 Å². The number of benzene rings is 1. The maximum Gasteiger partial charge on any atom is 0.201 e. The van der Waals surface area contributed by atoms with E-state index in [0.29, 0.717) is 5.95 Å². The number of imidazole rings is 1. The third kappa shape index (κ3) is 2.79. The van der Waals surface area contributed by atoms with Crippen LogP contribution >= 0.6 is 0 Å². The molecule has 0 fully saturated rings. The number of aromatic nitrogens is 2. The molecule has 0 atom stereocenters. The van der Waals surface area contributed by atoms with Crippen LogP contribution in [0.4, 0.5) is 10.3 Å². The number of anilines is 1. The fourth-order valence-corrected chi connectivity index (χ4v) is 2.05. The molecule has 0 bridgehead atoms. The summed E-state index contributed by atoms with van der Waals surface area (Å²) in [5.74, 6) is 0.206. The lowest BCUT2D eigenvalue weighted by atomic mass is 10.2. The second-order valence-corrected chi connectivity index (χ2v) is 4.77. The SMILES string of the molecule is CN(C)CCCCn1c(N)nc2ccc(F)cc21. The highest BCUT2D eigenvalue weighted by atomic mass is 19.1. The second-order valence-electron chi connectivity index (χ2n) is 4.77. The van der Waals surface area contributed by atoms with Gasteiger partial charge in [-0.25, -0.2) is 9.37 Å². The highest BCUT2D eigenvalue weighted by molar-refractivity contribution is 5.78. The Bertz CT molecular complexity index is 533. The Morgan fingerprint density at radius 2 is 2.11 bits per heavy atom. The summed E-state index contributed by atoms with van der Waals surface area (Å²) in [6, 6.07) is 4.56. The summed E-state index contributed by atoms with van der Waals surface area (Å²) in [6.07, 6.45) is 2.09. The maximum absolute atomic E-state index is 13.2. The van der Waals surface area contributed by atoms with E-state index in [1.165, 1.54) is 12.1 Å². The molecule has 2 rings (SSSR count). The van der Waals surface area contributed by atoms with E-state index in [1.54, 1.807) is 6.07 Å². The Balaban J connectivity index is 2.12. The molecule has 0 aliphatic rings. The van der Waals surface area contributed by atoms with Crippen LogP contribution < -0.4 is 5.73 Å². The molecule has 18 heavy (non-hydrogen) atoms. The molecule has 0 unspecified atom stereocenters. The molecule has 2 N–H and O–H groups in total. The molecule has 5 heteroatoms. The highest BCUT2D eigenvalue weighted by Gasteiger charge is 2.08. The van der Waals surface area contributed by atoms with E-state index in [-0.39, 0.29) is 5.82 Å². The zero-order valence-electron chi connectivity index (χ0n) is 10.9. The first-order valence-corrected chi connectivity index (χ1v) is 6.14. The number of aryl methyl sites for hydroxylation is 1. The summed E-state index contributed by atoms with van der Waals surface area (Å²) in [6.45, 7) is 1.82. The average Bonchev–Trinajstić information content (AvgIpc) is 2.60. The molecule has 1 aromatic carbocycles. The van der Waals surface area contributed by atoms with Gasteiger partial charge in [0.2, 0.25) is 5.95 Å². The van der Waals surface area contributed by atoms with Crippen molar-refractivity contribution in [3.63, 3.8) is 0 Å². The Morgan fingerprint density at radius 1 is 1.33 bits per heavy atom. The predicted octanol–water partition coefficient (Wildman–Crippen LogP) is 2.10. The molecule has 0 aliphatic heterocycles. The number of nitrogen functional groups attached to an aromatic ring is 1. The number of unbranched alkanes of at least 4 members (excludes halogenated alkanes) is 1. The number of hydrogen-bond acceptors (Lipinski definition) is 3. The molecule has 0 spiro atoms. The molecule has 4 nitrogen and oxygen atoms in total. The van der Waals surface area contributed by atoms with Crippen molar-refractivity contribution in [3.05, 3.63) is 24.0 Å². The lowest BCUT2D eigenvalue weighted by Crippen LogP contribution is -2.13. The Morgan fingerprint density at radius 3 is 2.83 bits per heavy atom. The third-order valence-corrected chi connectivity index (χ3v) is 2.98. The molecule has 1 heterocycles. The first-order valence-electron chi connectivity index (χ1n) is 6.14. The van der Waals surface area contributed by atoms with Gasteiger partial charge in [-0.2, -0.15) is 0 Å². The fourth-order valence-electron chi connectivity index (χ4n) is 2.05. The highest BCUT2D eigenvalue weighted by Crippen LogP contribution is 2.19. The monoisotopic (exact) mass is 250 g/mol. The van der Waals surface area contributed by atoms with Crippen molar-refractivity contribution in [1.82, 2.24) is 14.5 Å². The van der Waals surface area contributed by atoms with E-state index in [4.69, 9.17) is 5.73 Å². The molecule has 1 aromatic heterocycles. The van der Waals surface area contributed by atoms with Gasteiger partial charge in [-0.15, -0.1) is 0 Å². The van der Waals surface area contributed by atoms with Gasteiger partial charge in [0.15, 0.2) is 0 Å². The van der Waals surface area contributed by atoms with Gasteiger partial charge in [0.05, 0.1) is 11.0 Å². The van der Waals surface area contributed by atoms with Crippen molar-refractivity contribution in [2.45, 2.75) is 19.4 Å². The Hall–Kier alpha value is -1.62. The van der Waals surface area contributed by atoms with Gasteiger partial charge in [-0.3, -0.25) is 0 Å². The van der Waals surface area contributed by atoms with Crippen LogP contribution in [0.5, 0.6) is 0 Å². The molecular formula is C13H19FN4. The molecular weight excluding hydrogens is 231 g/mol. The summed E-state index contributed by atoms with van der Waals surface area (Å²) in [4.78, 5) is 6.38. The number of nitrogens with two attached hydrogens (primary N) is 1. The zero-order valence-corrected chi connectivity index (χ0v) is 10.9. The lowest BCUT2D eigenvalue weighted by molar-refractivity contribution is 0.388. The minimum atomic E-state index is -0.253. The van der Waals surface area contributed by atoms with Gasteiger partial charge >= 0.3 is 0 Å². The molecule has 98 valence electrons. The number of hydrogen-bond donors (Lipinski definition) is 1. The lowest BCUT2D eigenvalue weighted by Gasteiger charge is -2.10. The molecule has 0 saturated carbocycles. The van der Waals surface area contributed by atoms with Crippen LogP contribution in [0.25, 0.3) is 11.0 Å². The largest absolute Gasteiger partial charge is 0.369 e. The van der Waals surface area contributed by atoms with E-state index in [2.05, 4.69) is 24.0 Å². The topological polar surface area (TPSA) is 47.1 Å². The van der Waals surface area contributed by atoms with E-state index >= 15 is 0 Å². The van der Waals surface area contributed by atoms with Crippen LogP contribution in [0.15, 0.2) is 18.2 Å². The second kappa shape index (κ2) is 5.35. The van der Waals surface area contributed by atoms with Crippen LogP contribution in [0.3, 0.4) is 0 Å². The molecule has 0 amide bonds. The Labute approximate surface area is 106 Å². The number of halogens is 1. The molecule has 2 aromatic rings. The minimum absolute atomic E-state index is 0.253. The molecule has 0 aliphatic carbocycles. The van der Waals surface area contributed by atoms with Gasteiger partial charge in [0.25, 0.3) is 0 Å². The standard InChI is InChI=1S/C13H19FN4/c1-17(2)7-3-4-8-18-12-9-10(14)5-6-11(12)16-13(18)15/h5-6,9H,3-4,7-8H2,1-2H3,(H2,15,16). The summed E-state index contributed by atoms with van der Waals surface area (Å²) in [7, 11) is 4.10. The van der Waals surface area contributed by atoms with E-state index in [0.717, 1.165) is 37.0 Å². The minimum Gasteiger partial charge on any atom is -0.369 e. The number of fused-ring (bicyclic) bond motifs is 1. The van der Waals surface area contributed by atoms with Crippen LogP contribution in [-0.2, 0) is 6.54 Å². The predicted molar refractivity (Wildman–Crippen MR) is 71.9 cm³/mol. The van der Waals surface area contributed by atoms with Crippen molar-refractivity contribution in [3.8, 4) is 0 Å². The van der Waals surface area contributed by atoms with Crippen molar-refractivity contribution in [2.24, 2.45) is 0 Å². The van der Waals surface area contributed by atoms with Crippen molar-refractivity contribution in [1.29, 1.82) is 0 Å². The van der Waals surface area contributed by atoms with E-state index < -0.39 is 0 Å². The normalized spacial score (nSPS) is 11.6. The van der Waals surface area contributed by atoms with E-state index in [9.17, 15) is 4.39 Å². The quantitative estimate of drug-likeness (QED) is 0.827. The first-order chi connectivity index (χ1) is 8.58. The van der Waals surface area contributed by atoms with Gasteiger partial charge in [-0.1, -0.05) is 0 Å². The third-order valence-electron chi connectivity index (χ3n) is 2.98.